The molecule has 1 heterocycles. The molecular weight excluding hydrogens is 642 g/mol. The van der Waals surface area contributed by atoms with E-state index in [-0.39, 0.29) is 38.3 Å². The highest BCUT2D eigenvalue weighted by Gasteiger charge is 2.53. The fourth-order valence-electron chi connectivity index (χ4n) is 5.77. The Labute approximate surface area is 291 Å². The van der Waals surface area contributed by atoms with Gasteiger partial charge in [-0.05, 0) is 92.3 Å². The molecule has 5 rings (SSSR count). The lowest BCUT2D eigenvalue weighted by atomic mass is 9.83. The summed E-state index contributed by atoms with van der Waals surface area (Å²) in [5.74, 6) is -1.61. The quantitative estimate of drug-likeness (QED) is 0.108. The first-order chi connectivity index (χ1) is 24.0. The summed E-state index contributed by atoms with van der Waals surface area (Å²) >= 11 is 0. The molecule has 0 unspecified atom stereocenters. The SMILES string of the molecule is CC(C)(C)OC(=O)CC[C@@]1(C(=O)NCCc2cc(F)cc(F)c2)N=C(c2ccc(OCCCO)cc2)O[C@@H]1c1ccc(-c2ccccc2)cc1. The average Bonchev–Trinajstić information content (AvgIpc) is 3.48. The zero-order valence-electron chi connectivity index (χ0n) is 28.5. The second-order valence-corrected chi connectivity index (χ2v) is 13.1. The lowest BCUT2D eigenvalue weighted by molar-refractivity contribution is -0.155. The van der Waals surface area contributed by atoms with E-state index in [1.54, 1.807) is 45.0 Å². The number of esters is 1. The topological polar surface area (TPSA) is 106 Å². The predicted octanol–water partition coefficient (Wildman–Crippen LogP) is 7.13. The van der Waals surface area contributed by atoms with Gasteiger partial charge >= 0.3 is 5.97 Å². The fourth-order valence-corrected chi connectivity index (χ4v) is 5.77. The summed E-state index contributed by atoms with van der Waals surface area (Å²) in [5, 5.41) is 12.0. The summed E-state index contributed by atoms with van der Waals surface area (Å²) in [6.45, 7) is 5.73. The van der Waals surface area contributed by atoms with Gasteiger partial charge in [-0.25, -0.2) is 13.8 Å². The van der Waals surface area contributed by atoms with Crippen molar-refractivity contribution < 1.29 is 37.7 Å². The maximum absolute atomic E-state index is 14.4. The number of rotatable bonds is 14. The molecule has 0 aliphatic carbocycles. The number of amides is 1. The molecule has 1 aliphatic heterocycles. The highest BCUT2D eigenvalue weighted by Crippen LogP contribution is 2.44. The molecular formula is C40H42F2N2O6. The molecule has 0 aromatic heterocycles. The third kappa shape index (κ3) is 9.32. The molecule has 0 saturated carbocycles. The van der Waals surface area contributed by atoms with Crippen LogP contribution >= 0.6 is 0 Å². The maximum atomic E-state index is 14.4. The Morgan fingerprint density at radius 3 is 2.18 bits per heavy atom. The Balaban J connectivity index is 1.50. The normalized spacial score (nSPS) is 17.1. The monoisotopic (exact) mass is 684 g/mol. The standard InChI is InChI=1S/C40H42F2N2O6/c1-39(2,3)50-35(46)18-20-40(38(47)43-21-19-27-24-32(41)26-33(42)25-27)36(30-12-10-29(11-13-30)28-8-5-4-6-9-28)49-37(44-40)31-14-16-34(17-15-31)48-23-7-22-45/h4-6,8-17,24-26,36,45H,7,18-23H2,1-3H3,(H,43,47)/t36-,40-/m1/s1. The first-order valence-corrected chi connectivity index (χ1v) is 16.7. The lowest BCUT2D eigenvalue weighted by Gasteiger charge is -2.31. The van der Waals surface area contributed by atoms with E-state index in [9.17, 15) is 18.4 Å². The van der Waals surface area contributed by atoms with Crippen molar-refractivity contribution >= 4 is 17.8 Å². The van der Waals surface area contributed by atoms with Crippen LogP contribution in [0.25, 0.3) is 11.1 Å². The van der Waals surface area contributed by atoms with Crippen LogP contribution in [0.5, 0.6) is 5.75 Å². The van der Waals surface area contributed by atoms with Crippen LogP contribution in [-0.4, -0.2) is 53.8 Å². The first kappa shape index (κ1) is 36.2. The number of hydrogen-bond acceptors (Lipinski definition) is 7. The predicted molar refractivity (Wildman–Crippen MR) is 187 cm³/mol. The number of aliphatic hydroxyl groups is 1. The van der Waals surface area contributed by atoms with Gasteiger partial charge in [0.15, 0.2) is 11.6 Å². The van der Waals surface area contributed by atoms with Crippen LogP contribution in [0, 0.1) is 11.6 Å². The highest BCUT2D eigenvalue weighted by atomic mass is 19.1. The largest absolute Gasteiger partial charge is 0.494 e. The van der Waals surface area contributed by atoms with Gasteiger partial charge in [0.1, 0.15) is 23.0 Å². The van der Waals surface area contributed by atoms with Gasteiger partial charge in [0.05, 0.1) is 6.61 Å². The minimum atomic E-state index is -1.61. The minimum Gasteiger partial charge on any atom is -0.494 e. The van der Waals surface area contributed by atoms with Crippen molar-refractivity contribution in [1.82, 2.24) is 5.32 Å². The summed E-state index contributed by atoms with van der Waals surface area (Å²) in [4.78, 5) is 32.4. The van der Waals surface area contributed by atoms with Crippen molar-refractivity contribution in [3.8, 4) is 16.9 Å². The van der Waals surface area contributed by atoms with Gasteiger partial charge in [-0.2, -0.15) is 0 Å². The Bertz CT molecular complexity index is 1770. The van der Waals surface area contributed by atoms with Gasteiger partial charge in [-0.15, -0.1) is 0 Å². The number of nitrogens with one attached hydrogen (secondary N) is 1. The zero-order chi connectivity index (χ0) is 35.7. The summed E-state index contributed by atoms with van der Waals surface area (Å²) in [6, 6.07) is 27.8. The van der Waals surface area contributed by atoms with E-state index in [1.165, 1.54) is 12.1 Å². The molecule has 0 radical (unpaired) electrons. The van der Waals surface area contributed by atoms with Gasteiger partial charge < -0.3 is 24.6 Å². The number of benzene rings is 4. The van der Waals surface area contributed by atoms with Gasteiger partial charge in [0.2, 0.25) is 5.90 Å². The average molecular weight is 685 g/mol. The van der Waals surface area contributed by atoms with Crippen LogP contribution in [0.2, 0.25) is 0 Å². The molecule has 4 aromatic carbocycles. The molecule has 4 aromatic rings. The van der Waals surface area contributed by atoms with Crippen molar-refractivity contribution in [3.63, 3.8) is 0 Å². The molecule has 262 valence electrons. The molecule has 0 bridgehead atoms. The molecule has 0 fully saturated rings. The number of ether oxygens (including phenoxy) is 3. The second kappa shape index (κ2) is 16.1. The fraction of sp³-hybridized carbons (Fsp3) is 0.325. The maximum Gasteiger partial charge on any atom is 0.306 e. The number of aliphatic hydroxyl groups excluding tert-OH is 1. The molecule has 2 atom stereocenters. The summed E-state index contributed by atoms with van der Waals surface area (Å²) in [6.07, 6.45) is -0.452. The number of carbonyl (C=O) groups is 2. The third-order valence-corrected chi connectivity index (χ3v) is 8.10. The van der Waals surface area contributed by atoms with E-state index in [0.29, 0.717) is 35.5 Å². The van der Waals surface area contributed by atoms with Crippen molar-refractivity contribution in [2.45, 2.75) is 63.7 Å². The zero-order valence-corrected chi connectivity index (χ0v) is 28.5. The minimum absolute atomic E-state index is 0.0169. The van der Waals surface area contributed by atoms with E-state index >= 15 is 0 Å². The molecule has 8 nitrogen and oxygen atoms in total. The summed E-state index contributed by atoms with van der Waals surface area (Å²) in [7, 11) is 0. The molecule has 0 spiro atoms. The van der Waals surface area contributed by atoms with E-state index in [4.69, 9.17) is 24.3 Å². The first-order valence-electron chi connectivity index (χ1n) is 16.7. The smallest absolute Gasteiger partial charge is 0.306 e. The molecule has 1 aliphatic rings. The van der Waals surface area contributed by atoms with Crippen LogP contribution < -0.4 is 10.1 Å². The third-order valence-electron chi connectivity index (χ3n) is 8.10. The van der Waals surface area contributed by atoms with E-state index in [1.807, 2.05) is 54.6 Å². The van der Waals surface area contributed by atoms with E-state index in [0.717, 1.165) is 17.2 Å². The lowest BCUT2D eigenvalue weighted by Crippen LogP contribution is -2.49. The number of hydrogen-bond donors (Lipinski definition) is 2. The Kier molecular flexibility index (Phi) is 11.6. The van der Waals surface area contributed by atoms with E-state index < -0.39 is 40.8 Å². The number of halogens is 2. The van der Waals surface area contributed by atoms with Gasteiger partial charge in [0, 0.05) is 37.6 Å². The summed E-state index contributed by atoms with van der Waals surface area (Å²) in [5.41, 5.74) is 1.28. The molecule has 2 N–H and O–H groups in total. The highest BCUT2D eigenvalue weighted by molar-refractivity contribution is 6.01. The van der Waals surface area contributed by atoms with Gasteiger partial charge in [0.25, 0.3) is 5.91 Å². The molecule has 1 amide bonds. The van der Waals surface area contributed by atoms with Crippen molar-refractivity contribution in [2.24, 2.45) is 4.99 Å². The summed E-state index contributed by atoms with van der Waals surface area (Å²) < 4.78 is 45.6. The Hall–Kier alpha value is -5.09. The number of carbonyl (C=O) groups excluding carboxylic acids is 2. The van der Waals surface area contributed by atoms with Crippen molar-refractivity contribution in [3.05, 3.63) is 125 Å². The van der Waals surface area contributed by atoms with Crippen LogP contribution in [0.15, 0.2) is 102 Å². The van der Waals surface area contributed by atoms with Crippen molar-refractivity contribution in [2.75, 3.05) is 19.8 Å². The number of nitrogens with zero attached hydrogens (tertiary/aromatic N) is 1. The second-order valence-electron chi connectivity index (χ2n) is 13.1. The Morgan fingerprint density at radius 1 is 0.900 bits per heavy atom. The van der Waals surface area contributed by atoms with E-state index in [2.05, 4.69) is 5.32 Å². The van der Waals surface area contributed by atoms with Crippen LogP contribution in [0.3, 0.4) is 0 Å². The molecule has 0 saturated heterocycles. The molecule has 10 heteroatoms. The van der Waals surface area contributed by atoms with Gasteiger partial charge in [-0.1, -0.05) is 54.6 Å². The van der Waals surface area contributed by atoms with Crippen molar-refractivity contribution in [1.29, 1.82) is 0 Å². The van der Waals surface area contributed by atoms with Crippen LogP contribution in [-0.2, 0) is 25.5 Å². The number of aliphatic imine (C=N–C) groups is 1. The molecule has 50 heavy (non-hydrogen) atoms. The van der Waals surface area contributed by atoms with Gasteiger partial charge in [-0.3, -0.25) is 9.59 Å². The van der Waals surface area contributed by atoms with Crippen LogP contribution in [0.4, 0.5) is 8.78 Å². The Morgan fingerprint density at radius 2 is 1.54 bits per heavy atom. The van der Waals surface area contributed by atoms with Crippen LogP contribution in [0.1, 0.15) is 62.8 Å².